The van der Waals surface area contributed by atoms with Gasteiger partial charge >= 0.3 is 0 Å². The highest BCUT2D eigenvalue weighted by Gasteiger charge is 2.12. The normalized spacial score (nSPS) is 12.6. The topological polar surface area (TPSA) is 66.6 Å². The SMILES string of the molecule is CCCN(CCO)C(=O)CC(C)N. The number of rotatable bonds is 6. The smallest absolute Gasteiger partial charge is 0.224 e. The van der Waals surface area contributed by atoms with Crippen LogP contribution in [0.15, 0.2) is 0 Å². The molecular weight excluding hydrogens is 168 g/mol. The van der Waals surface area contributed by atoms with Gasteiger partial charge in [0.1, 0.15) is 0 Å². The summed E-state index contributed by atoms with van der Waals surface area (Å²) in [6.45, 7) is 4.95. The van der Waals surface area contributed by atoms with E-state index in [1.54, 1.807) is 11.8 Å². The number of amides is 1. The summed E-state index contributed by atoms with van der Waals surface area (Å²) in [6, 6.07) is -0.106. The lowest BCUT2D eigenvalue weighted by Crippen LogP contribution is -2.37. The van der Waals surface area contributed by atoms with Crippen molar-refractivity contribution in [1.29, 1.82) is 0 Å². The van der Waals surface area contributed by atoms with Gasteiger partial charge in [0.15, 0.2) is 0 Å². The first kappa shape index (κ1) is 12.4. The third-order valence-corrected chi connectivity index (χ3v) is 1.71. The van der Waals surface area contributed by atoms with Gasteiger partial charge in [-0.2, -0.15) is 0 Å². The highest BCUT2D eigenvalue weighted by atomic mass is 16.3. The van der Waals surface area contributed by atoms with Crippen LogP contribution in [0.3, 0.4) is 0 Å². The van der Waals surface area contributed by atoms with Crippen LogP contribution < -0.4 is 5.73 Å². The highest BCUT2D eigenvalue weighted by Crippen LogP contribution is 1.98. The lowest BCUT2D eigenvalue weighted by molar-refractivity contribution is -0.132. The van der Waals surface area contributed by atoms with Crippen LogP contribution in [0.25, 0.3) is 0 Å². The molecule has 1 amide bonds. The summed E-state index contributed by atoms with van der Waals surface area (Å²) in [4.78, 5) is 13.1. The molecule has 0 aliphatic carbocycles. The summed E-state index contributed by atoms with van der Waals surface area (Å²) < 4.78 is 0. The summed E-state index contributed by atoms with van der Waals surface area (Å²) in [7, 11) is 0. The van der Waals surface area contributed by atoms with Gasteiger partial charge in [-0.25, -0.2) is 0 Å². The van der Waals surface area contributed by atoms with Crippen molar-refractivity contribution in [2.75, 3.05) is 19.7 Å². The number of carbonyl (C=O) groups excluding carboxylic acids is 1. The maximum Gasteiger partial charge on any atom is 0.224 e. The molecule has 0 aliphatic heterocycles. The number of aliphatic hydroxyl groups excluding tert-OH is 1. The first-order valence-corrected chi connectivity index (χ1v) is 4.76. The molecule has 0 saturated heterocycles. The molecule has 0 saturated carbocycles. The molecule has 3 N–H and O–H groups in total. The van der Waals surface area contributed by atoms with E-state index < -0.39 is 0 Å². The van der Waals surface area contributed by atoms with Crippen molar-refractivity contribution in [2.45, 2.75) is 32.7 Å². The molecule has 0 aliphatic rings. The second kappa shape index (κ2) is 6.86. The summed E-state index contributed by atoms with van der Waals surface area (Å²) in [6.07, 6.45) is 1.27. The monoisotopic (exact) mass is 188 g/mol. The Morgan fingerprint density at radius 3 is 2.54 bits per heavy atom. The van der Waals surface area contributed by atoms with E-state index in [0.29, 0.717) is 19.5 Å². The van der Waals surface area contributed by atoms with Gasteiger partial charge in [0.25, 0.3) is 0 Å². The van der Waals surface area contributed by atoms with Gasteiger partial charge in [0.2, 0.25) is 5.91 Å². The minimum atomic E-state index is -0.106. The average Bonchev–Trinajstić information content (AvgIpc) is 2.02. The molecule has 0 rings (SSSR count). The van der Waals surface area contributed by atoms with Crippen LogP contribution >= 0.6 is 0 Å². The van der Waals surface area contributed by atoms with E-state index in [1.807, 2.05) is 6.92 Å². The molecule has 0 heterocycles. The van der Waals surface area contributed by atoms with Crippen LogP contribution in [0.5, 0.6) is 0 Å². The Labute approximate surface area is 79.7 Å². The Bertz CT molecular complexity index is 143. The Morgan fingerprint density at radius 2 is 2.15 bits per heavy atom. The van der Waals surface area contributed by atoms with Gasteiger partial charge in [-0.1, -0.05) is 6.92 Å². The van der Waals surface area contributed by atoms with Gasteiger partial charge in [-0.3, -0.25) is 4.79 Å². The molecule has 0 radical (unpaired) electrons. The van der Waals surface area contributed by atoms with E-state index in [9.17, 15) is 4.79 Å². The van der Waals surface area contributed by atoms with Crippen LogP contribution in [-0.2, 0) is 4.79 Å². The highest BCUT2D eigenvalue weighted by molar-refractivity contribution is 5.76. The first-order chi connectivity index (χ1) is 6.11. The molecule has 1 unspecified atom stereocenters. The van der Waals surface area contributed by atoms with Gasteiger partial charge in [-0.15, -0.1) is 0 Å². The van der Waals surface area contributed by atoms with Gasteiger partial charge in [-0.05, 0) is 13.3 Å². The Kier molecular flexibility index (Phi) is 6.54. The predicted molar refractivity (Wildman–Crippen MR) is 52.2 cm³/mol. The average molecular weight is 188 g/mol. The zero-order valence-corrected chi connectivity index (χ0v) is 8.49. The lowest BCUT2D eigenvalue weighted by atomic mass is 10.2. The van der Waals surface area contributed by atoms with Crippen molar-refractivity contribution in [2.24, 2.45) is 5.73 Å². The standard InChI is InChI=1S/C9H20N2O2/c1-3-4-11(5-6-12)9(13)7-8(2)10/h8,12H,3-7,10H2,1-2H3. The molecule has 0 bridgehead atoms. The molecule has 0 aromatic heterocycles. The first-order valence-electron chi connectivity index (χ1n) is 4.76. The van der Waals surface area contributed by atoms with Crippen molar-refractivity contribution in [3.05, 3.63) is 0 Å². The van der Waals surface area contributed by atoms with E-state index >= 15 is 0 Å². The Balaban J connectivity index is 3.95. The van der Waals surface area contributed by atoms with Gasteiger partial charge < -0.3 is 15.7 Å². The Morgan fingerprint density at radius 1 is 1.54 bits per heavy atom. The summed E-state index contributed by atoms with van der Waals surface area (Å²) >= 11 is 0. The molecule has 0 spiro atoms. The van der Waals surface area contributed by atoms with Crippen LogP contribution in [0, 0.1) is 0 Å². The van der Waals surface area contributed by atoms with E-state index in [-0.39, 0.29) is 18.6 Å². The second-order valence-corrected chi connectivity index (χ2v) is 3.29. The number of nitrogens with two attached hydrogens (primary N) is 1. The third-order valence-electron chi connectivity index (χ3n) is 1.71. The maximum absolute atomic E-state index is 11.5. The third kappa shape index (κ3) is 5.60. The van der Waals surface area contributed by atoms with Crippen molar-refractivity contribution in [1.82, 2.24) is 4.90 Å². The fraction of sp³-hybridized carbons (Fsp3) is 0.889. The molecule has 4 nitrogen and oxygen atoms in total. The predicted octanol–water partition coefficient (Wildman–Crippen LogP) is -0.0454. The molecule has 0 aromatic rings. The molecular formula is C9H20N2O2. The molecule has 78 valence electrons. The molecule has 0 aromatic carbocycles. The molecule has 0 fully saturated rings. The summed E-state index contributed by atoms with van der Waals surface area (Å²) in [5.41, 5.74) is 5.51. The zero-order valence-electron chi connectivity index (χ0n) is 8.49. The van der Waals surface area contributed by atoms with Gasteiger partial charge in [0.05, 0.1) is 6.61 Å². The number of carbonyl (C=O) groups is 1. The largest absolute Gasteiger partial charge is 0.395 e. The van der Waals surface area contributed by atoms with Crippen LogP contribution in [0.1, 0.15) is 26.7 Å². The summed E-state index contributed by atoms with van der Waals surface area (Å²) in [5, 5.41) is 8.72. The molecule has 4 heteroatoms. The van der Waals surface area contributed by atoms with E-state index in [4.69, 9.17) is 10.8 Å². The van der Waals surface area contributed by atoms with Crippen molar-refractivity contribution < 1.29 is 9.90 Å². The van der Waals surface area contributed by atoms with Crippen molar-refractivity contribution in [3.63, 3.8) is 0 Å². The van der Waals surface area contributed by atoms with Crippen molar-refractivity contribution >= 4 is 5.91 Å². The Hall–Kier alpha value is -0.610. The van der Waals surface area contributed by atoms with E-state index in [2.05, 4.69) is 0 Å². The number of aliphatic hydroxyl groups is 1. The fourth-order valence-electron chi connectivity index (χ4n) is 1.16. The van der Waals surface area contributed by atoms with E-state index in [0.717, 1.165) is 6.42 Å². The zero-order chi connectivity index (χ0) is 10.3. The summed E-state index contributed by atoms with van der Waals surface area (Å²) in [5.74, 6) is 0.0332. The van der Waals surface area contributed by atoms with E-state index in [1.165, 1.54) is 0 Å². The number of hydrogen-bond acceptors (Lipinski definition) is 3. The van der Waals surface area contributed by atoms with Gasteiger partial charge in [0, 0.05) is 25.6 Å². The van der Waals surface area contributed by atoms with Crippen LogP contribution in [0.2, 0.25) is 0 Å². The maximum atomic E-state index is 11.5. The second-order valence-electron chi connectivity index (χ2n) is 3.29. The number of hydrogen-bond donors (Lipinski definition) is 2. The van der Waals surface area contributed by atoms with Crippen LogP contribution in [0.4, 0.5) is 0 Å². The fourth-order valence-corrected chi connectivity index (χ4v) is 1.16. The number of nitrogens with zero attached hydrogens (tertiary/aromatic N) is 1. The van der Waals surface area contributed by atoms with Crippen molar-refractivity contribution in [3.8, 4) is 0 Å². The lowest BCUT2D eigenvalue weighted by Gasteiger charge is -2.21. The van der Waals surface area contributed by atoms with Crippen LogP contribution in [-0.4, -0.2) is 41.7 Å². The minimum absolute atomic E-state index is 0.0185. The minimum Gasteiger partial charge on any atom is -0.395 e. The molecule has 13 heavy (non-hydrogen) atoms. The molecule has 1 atom stereocenters. The quantitative estimate of drug-likeness (QED) is 0.614.